The molecular weight excluding hydrogens is 324 g/mol. The number of aryl methyl sites for hydroxylation is 2. The van der Waals surface area contributed by atoms with Crippen molar-refractivity contribution in [3.63, 3.8) is 0 Å². The Morgan fingerprint density at radius 1 is 1.42 bits per heavy atom. The Morgan fingerprint density at radius 2 is 2.21 bits per heavy atom. The predicted octanol–water partition coefficient (Wildman–Crippen LogP) is 3.44. The van der Waals surface area contributed by atoms with Crippen molar-refractivity contribution < 1.29 is 14.0 Å². The quantitative estimate of drug-likeness (QED) is 0.922. The van der Waals surface area contributed by atoms with Crippen LogP contribution >= 0.6 is 11.3 Å². The highest BCUT2D eigenvalue weighted by atomic mass is 32.1. The number of likely N-dealkylation sites (tertiary alicyclic amines) is 1. The minimum absolute atomic E-state index is 0.0503. The highest BCUT2D eigenvalue weighted by Gasteiger charge is 2.35. The van der Waals surface area contributed by atoms with Crippen LogP contribution in [0.1, 0.15) is 52.6 Å². The molecule has 2 aromatic heterocycles. The highest BCUT2D eigenvalue weighted by molar-refractivity contribution is 7.12. The van der Waals surface area contributed by atoms with Crippen molar-refractivity contribution in [1.29, 1.82) is 0 Å². The molecule has 2 aromatic rings. The smallest absolute Gasteiger partial charge is 0.264 e. The standard InChI is InChI=1S/C18H22N2O3S/c1-11-10-14(13(3)23-11)12(2)19-17(21)15-6-4-8-20(15)18(22)16-7-5-9-24-16/h5,7,9-10,12,15H,4,6,8H2,1-3H3,(H,19,21)/t12-,15-/m0/s1. The first-order valence-corrected chi connectivity index (χ1v) is 9.07. The number of rotatable bonds is 4. The van der Waals surface area contributed by atoms with E-state index < -0.39 is 6.04 Å². The Kier molecular flexibility index (Phi) is 4.76. The summed E-state index contributed by atoms with van der Waals surface area (Å²) in [5.74, 6) is 1.51. The number of carbonyl (C=O) groups excluding carboxylic acids is 2. The molecule has 0 saturated carbocycles. The van der Waals surface area contributed by atoms with Crippen LogP contribution in [0, 0.1) is 13.8 Å². The summed E-state index contributed by atoms with van der Waals surface area (Å²) in [7, 11) is 0. The second-order valence-corrected chi connectivity index (χ2v) is 7.18. The second kappa shape index (κ2) is 6.81. The topological polar surface area (TPSA) is 62.6 Å². The molecule has 2 atom stereocenters. The summed E-state index contributed by atoms with van der Waals surface area (Å²) in [6.07, 6.45) is 1.56. The molecule has 1 aliphatic heterocycles. The third-order valence-electron chi connectivity index (χ3n) is 4.45. The maximum atomic E-state index is 12.7. The van der Waals surface area contributed by atoms with Gasteiger partial charge in [0, 0.05) is 12.1 Å². The van der Waals surface area contributed by atoms with E-state index in [1.807, 2.05) is 38.3 Å². The first-order valence-electron chi connectivity index (χ1n) is 8.19. The van der Waals surface area contributed by atoms with Crippen molar-refractivity contribution in [1.82, 2.24) is 10.2 Å². The molecule has 3 rings (SSSR count). The second-order valence-electron chi connectivity index (χ2n) is 6.23. The number of carbonyl (C=O) groups is 2. The van der Waals surface area contributed by atoms with Gasteiger partial charge in [0.1, 0.15) is 17.6 Å². The van der Waals surface area contributed by atoms with Crippen LogP contribution in [0.2, 0.25) is 0 Å². The summed E-state index contributed by atoms with van der Waals surface area (Å²) in [5, 5.41) is 4.91. The van der Waals surface area contributed by atoms with E-state index in [2.05, 4.69) is 5.32 Å². The number of nitrogens with zero attached hydrogens (tertiary/aromatic N) is 1. The SMILES string of the molecule is Cc1cc([C@H](C)NC(=O)[C@@H]2CCCN2C(=O)c2cccs2)c(C)o1. The number of amides is 2. The molecule has 0 aliphatic carbocycles. The van der Waals surface area contributed by atoms with Gasteiger partial charge in [-0.2, -0.15) is 0 Å². The monoisotopic (exact) mass is 346 g/mol. The first kappa shape index (κ1) is 16.8. The summed E-state index contributed by atoms with van der Waals surface area (Å²) < 4.78 is 5.54. The van der Waals surface area contributed by atoms with Crippen molar-refractivity contribution in [3.8, 4) is 0 Å². The molecule has 0 bridgehead atoms. The van der Waals surface area contributed by atoms with Crippen molar-refractivity contribution in [2.24, 2.45) is 0 Å². The molecule has 6 heteroatoms. The Labute approximate surface area is 145 Å². The van der Waals surface area contributed by atoms with E-state index >= 15 is 0 Å². The van der Waals surface area contributed by atoms with Gasteiger partial charge in [-0.05, 0) is 51.1 Å². The molecular formula is C18H22N2O3S. The van der Waals surface area contributed by atoms with E-state index in [1.54, 1.807) is 11.0 Å². The lowest BCUT2D eigenvalue weighted by Crippen LogP contribution is -2.46. The van der Waals surface area contributed by atoms with E-state index in [1.165, 1.54) is 11.3 Å². The largest absolute Gasteiger partial charge is 0.466 e. The average Bonchev–Trinajstić information content (AvgIpc) is 3.26. The van der Waals surface area contributed by atoms with E-state index in [9.17, 15) is 9.59 Å². The lowest BCUT2D eigenvalue weighted by Gasteiger charge is -2.25. The third-order valence-corrected chi connectivity index (χ3v) is 5.31. The number of thiophene rings is 1. The normalized spacial score (nSPS) is 18.6. The fraction of sp³-hybridized carbons (Fsp3) is 0.444. The molecule has 5 nitrogen and oxygen atoms in total. The maximum Gasteiger partial charge on any atom is 0.264 e. The van der Waals surface area contributed by atoms with Crippen LogP contribution in [0.4, 0.5) is 0 Å². The lowest BCUT2D eigenvalue weighted by molar-refractivity contribution is -0.125. The summed E-state index contributed by atoms with van der Waals surface area (Å²) in [4.78, 5) is 27.7. The van der Waals surface area contributed by atoms with Crippen LogP contribution in [0.3, 0.4) is 0 Å². The fourth-order valence-corrected chi connectivity index (χ4v) is 3.97. The highest BCUT2D eigenvalue weighted by Crippen LogP contribution is 2.25. The molecule has 128 valence electrons. The van der Waals surface area contributed by atoms with Crippen LogP contribution in [0.5, 0.6) is 0 Å². The molecule has 0 radical (unpaired) electrons. The van der Waals surface area contributed by atoms with Gasteiger partial charge in [0.2, 0.25) is 5.91 Å². The summed E-state index contributed by atoms with van der Waals surface area (Å²) in [6, 6.07) is 5.07. The average molecular weight is 346 g/mol. The Morgan fingerprint density at radius 3 is 2.83 bits per heavy atom. The number of furan rings is 1. The molecule has 0 spiro atoms. The maximum absolute atomic E-state index is 12.7. The van der Waals surface area contributed by atoms with E-state index in [4.69, 9.17) is 4.42 Å². The van der Waals surface area contributed by atoms with Gasteiger partial charge < -0.3 is 14.6 Å². The molecule has 2 amide bonds. The van der Waals surface area contributed by atoms with Crippen LogP contribution < -0.4 is 5.32 Å². The Bertz CT molecular complexity index is 736. The summed E-state index contributed by atoms with van der Waals surface area (Å²) in [5.41, 5.74) is 0.981. The summed E-state index contributed by atoms with van der Waals surface area (Å²) >= 11 is 1.41. The molecule has 0 unspecified atom stereocenters. The van der Waals surface area contributed by atoms with E-state index in [0.717, 1.165) is 23.5 Å². The minimum atomic E-state index is -0.393. The third kappa shape index (κ3) is 3.24. The van der Waals surface area contributed by atoms with Crippen LogP contribution in [0.15, 0.2) is 28.0 Å². The van der Waals surface area contributed by atoms with Crippen molar-refractivity contribution in [2.45, 2.75) is 45.7 Å². The van der Waals surface area contributed by atoms with Crippen molar-refractivity contribution in [2.75, 3.05) is 6.54 Å². The van der Waals surface area contributed by atoms with Crippen LogP contribution in [-0.4, -0.2) is 29.3 Å². The van der Waals surface area contributed by atoms with Gasteiger partial charge in [-0.3, -0.25) is 9.59 Å². The van der Waals surface area contributed by atoms with Crippen LogP contribution in [-0.2, 0) is 4.79 Å². The molecule has 24 heavy (non-hydrogen) atoms. The Hall–Kier alpha value is -2.08. The van der Waals surface area contributed by atoms with Gasteiger partial charge in [0.25, 0.3) is 5.91 Å². The number of nitrogens with one attached hydrogen (secondary N) is 1. The van der Waals surface area contributed by atoms with Gasteiger partial charge in [0.05, 0.1) is 10.9 Å². The van der Waals surface area contributed by atoms with Crippen molar-refractivity contribution >= 4 is 23.2 Å². The van der Waals surface area contributed by atoms with E-state index in [0.29, 0.717) is 17.8 Å². The molecule has 3 heterocycles. The molecule has 1 aliphatic rings. The zero-order valence-electron chi connectivity index (χ0n) is 14.2. The summed E-state index contributed by atoms with van der Waals surface area (Å²) in [6.45, 7) is 6.36. The van der Waals surface area contributed by atoms with Gasteiger partial charge in [-0.25, -0.2) is 0 Å². The zero-order valence-corrected chi connectivity index (χ0v) is 15.0. The molecule has 1 N–H and O–H groups in total. The number of hydrogen-bond acceptors (Lipinski definition) is 4. The predicted molar refractivity (Wildman–Crippen MR) is 93.1 cm³/mol. The van der Waals surface area contributed by atoms with Gasteiger partial charge in [0.15, 0.2) is 0 Å². The molecule has 1 saturated heterocycles. The van der Waals surface area contributed by atoms with E-state index in [-0.39, 0.29) is 17.9 Å². The lowest BCUT2D eigenvalue weighted by atomic mass is 10.1. The minimum Gasteiger partial charge on any atom is -0.466 e. The van der Waals surface area contributed by atoms with Crippen LogP contribution in [0.25, 0.3) is 0 Å². The first-order chi connectivity index (χ1) is 11.5. The Balaban J connectivity index is 1.69. The fourth-order valence-electron chi connectivity index (χ4n) is 3.29. The van der Waals surface area contributed by atoms with Gasteiger partial charge >= 0.3 is 0 Å². The molecule has 1 fully saturated rings. The van der Waals surface area contributed by atoms with Crippen molar-refractivity contribution in [3.05, 3.63) is 45.5 Å². The number of hydrogen-bond donors (Lipinski definition) is 1. The van der Waals surface area contributed by atoms with Gasteiger partial charge in [-0.15, -0.1) is 11.3 Å². The zero-order chi connectivity index (χ0) is 17.3. The molecule has 0 aromatic carbocycles. The van der Waals surface area contributed by atoms with Gasteiger partial charge in [-0.1, -0.05) is 6.07 Å².